The number of benzene rings is 1. The van der Waals surface area contributed by atoms with Crippen molar-refractivity contribution >= 4 is 17.0 Å². The van der Waals surface area contributed by atoms with Crippen molar-refractivity contribution in [3.05, 3.63) is 45.9 Å². The number of aryl methyl sites for hydroxylation is 2. The number of nitrogens with zero attached hydrogens (tertiary/aromatic N) is 2. The second-order valence-corrected chi connectivity index (χ2v) is 6.29. The van der Waals surface area contributed by atoms with Gasteiger partial charge in [0, 0.05) is 17.6 Å². The Morgan fingerprint density at radius 3 is 2.74 bits per heavy atom. The molecule has 0 N–H and O–H groups in total. The molecule has 0 radical (unpaired) electrons. The highest BCUT2D eigenvalue weighted by Crippen LogP contribution is 2.32. The predicted molar refractivity (Wildman–Crippen MR) is 81.8 cm³/mol. The Labute approximate surface area is 119 Å². The van der Waals surface area contributed by atoms with Crippen LogP contribution in [0, 0.1) is 19.8 Å². The van der Waals surface area contributed by atoms with Gasteiger partial charge in [-0.1, -0.05) is 6.07 Å². The second kappa shape index (κ2) is 5.33. The van der Waals surface area contributed by atoms with Crippen LogP contribution in [0.4, 0.5) is 5.69 Å². The number of anilines is 1. The van der Waals surface area contributed by atoms with E-state index < -0.39 is 0 Å². The first-order valence-corrected chi connectivity index (χ1v) is 7.86. The van der Waals surface area contributed by atoms with Gasteiger partial charge in [0.15, 0.2) is 0 Å². The van der Waals surface area contributed by atoms with Crippen molar-refractivity contribution in [1.82, 2.24) is 4.98 Å². The van der Waals surface area contributed by atoms with Crippen molar-refractivity contribution < 1.29 is 0 Å². The van der Waals surface area contributed by atoms with E-state index >= 15 is 0 Å². The molecule has 1 aliphatic rings. The van der Waals surface area contributed by atoms with Gasteiger partial charge in [0.05, 0.1) is 17.7 Å². The third kappa shape index (κ3) is 3.16. The molecule has 0 saturated heterocycles. The number of aromatic nitrogens is 1. The molecule has 1 fully saturated rings. The van der Waals surface area contributed by atoms with Gasteiger partial charge in [-0.05, 0) is 55.9 Å². The van der Waals surface area contributed by atoms with Crippen LogP contribution in [0.2, 0.25) is 0 Å². The molecule has 1 heterocycles. The molecular formula is C16H20N2S. The number of thiazole rings is 1. The zero-order valence-corrected chi connectivity index (χ0v) is 12.4. The minimum absolute atomic E-state index is 0.889. The Kier molecular flexibility index (Phi) is 3.56. The van der Waals surface area contributed by atoms with E-state index in [2.05, 4.69) is 47.3 Å². The van der Waals surface area contributed by atoms with Gasteiger partial charge in [-0.15, -0.1) is 11.3 Å². The van der Waals surface area contributed by atoms with Gasteiger partial charge in [0.1, 0.15) is 0 Å². The summed E-state index contributed by atoms with van der Waals surface area (Å²) in [4.78, 5) is 6.91. The largest absolute Gasteiger partial charge is 0.365 e. The quantitative estimate of drug-likeness (QED) is 0.812. The lowest BCUT2D eigenvalue weighted by molar-refractivity contribution is 0.715. The first-order valence-electron chi connectivity index (χ1n) is 6.91. The SMILES string of the molecule is Cc1ccc(N(Cc2cscn2)CC2CC2)cc1C. The molecule has 3 heteroatoms. The molecule has 0 bridgehead atoms. The summed E-state index contributed by atoms with van der Waals surface area (Å²) in [6.45, 7) is 6.46. The smallest absolute Gasteiger partial charge is 0.0795 e. The van der Waals surface area contributed by atoms with E-state index in [9.17, 15) is 0 Å². The zero-order valence-electron chi connectivity index (χ0n) is 11.6. The maximum atomic E-state index is 4.43. The molecule has 1 saturated carbocycles. The number of hydrogen-bond acceptors (Lipinski definition) is 3. The van der Waals surface area contributed by atoms with Gasteiger partial charge >= 0.3 is 0 Å². The lowest BCUT2D eigenvalue weighted by Crippen LogP contribution is -2.25. The highest BCUT2D eigenvalue weighted by Gasteiger charge is 2.25. The maximum absolute atomic E-state index is 4.43. The number of hydrogen-bond donors (Lipinski definition) is 0. The summed E-state index contributed by atoms with van der Waals surface area (Å²) in [5.74, 6) is 0.889. The standard InChI is InChI=1S/C16H20N2S/c1-12-3-6-16(7-13(12)2)18(8-14-4-5-14)9-15-10-19-11-17-15/h3,6-7,10-11,14H,4-5,8-9H2,1-2H3. The molecule has 2 aromatic rings. The van der Waals surface area contributed by atoms with Crippen LogP contribution in [0.3, 0.4) is 0 Å². The Hall–Kier alpha value is -1.35. The Bertz CT molecular complexity index is 544. The second-order valence-electron chi connectivity index (χ2n) is 5.57. The average Bonchev–Trinajstić information content (AvgIpc) is 3.06. The highest BCUT2D eigenvalue weighted by atomic mass is 32.1. The van der Waals surface area contributed by atoms with Gasteiger partial charge in [-0.2, -0.15) is 0 Å². The third-order valence-electron chi connectivity index (χ3n) is 3.87. The van der Waals surface area contributed by atoms with Crippen molar-refractivity contribution in [3.63, 3.8) is 0 Å². The fourth-order valence-corrected chi connectivity index (χ4v) is 2.86. The summed E-state index contributed by atoms with van der Waals surface area (Å²) in [6.07, 6.45) is 2.77. The van der Waals surface area contributed by atoms with Crippen molar-refractivity contribution in [2.75, 3.05) is 11.4 Å². The fraction of sp³-hybridized carbons (Fsp3) is 0.438. The van der Waals surface area contributed by atoms with Crippen LogP contribution in [0.1, 0.15) is 29.7 Å². The summed E-state index contributed by atoms with van der Waals surface area (Å²) < 4.78 is 0. The molecule has 3 rings (SSSR count). The molecule has 1 aromatic carbocycles. The van der Waals surface area contributed by atoms with E-state index in [1.807, 2.05) is 5.51 Å². The molecule has 0 spiro atoms. The first-order chi connectivity index (χ1) is 9.22. The fourth-order valence-electron chi connectivity index (χ4n) is 2.31. The molecule has 1 aromatic heterocycles. The van der Waals surface area contributed by atoms with E-state index in [0.29, 0.717) is 0 Å². The van der Waals surface area contributed by atoms with Crippen molar-refractivity contribution in [2.24, 2.45) is 5.92 Å². The van der Waals surface area contributed by atoms with Crippen LogP contribution in [0.15, 0.2) is 29.1 Å². The Balaban J connectivity index is 1.82. The maximum Gasteiger partial charge on any atom is 0.0795 e. The van der Waals surface area contributed by atoms with Gasteiger partial charge in [-0.3, -0.25) is 0 Å². The van der Waals surface area contributed by atoms with Crippen LogP contribution in [0.25, 0.3) is 0 Å². The van der Waals surface area contributed by atoms with E-state index in [1.54, 1.807) is 11.3 Å². The van der Waals surface area contributed by atoms with Crippen molar-refractivity contribution in [2.45, 2.75) is 33.2 Å². The lowest BCUT2D eigenvalue weighted by Gasteiger charge is -2.25. The predicted octanol–water partition coefficient (Wildman–Crippen LogP) is 4.18. The minimum Gasteiger partial charge on any atom is -0.365 e. The topological polar surface area (TPSA) is 16.1 Å². The molecule has 0 atom stereocenters. The number of rotatable bonds is 5. The Morgan fingerprint density at radius 2 is 2.11 bits per heavy atom. The average molecular weight is 272 g/mol. The van der Waals surface area contributed by atoms with E-state index in [1.165, 1.54) is 41.9 Å². The monoisotopic (exact) mass is 272 g/mol. The van der Waals surface area contributed by atoms with Gasteiger partial charge in [0.25, 0.3) is 0 Å². The molecule has 19 heavy (non-hydrogen) atoms. The van der Waals surface area contributed by atoms with E-state index in [-0.39, 0.29) is 0 Å². The molecule has 2 nitrogen and oxygen atoms in total. The van der Waals surface area contributed by atoms with Crippen LogP contribution in [-0.4, -0.2) is 11.5 Å². The molecule has 0 unspecified atom stereocenters. The molecule has 0 aliphatic heterocycles. The van der Waals surface area contributed by atoms with Gasteiger partial charge < -0.3 is 4.90 Å². The molecular weight excluding hydrogens is 252 g/mol. The summed E-state index contributed by atoms with van der Waals surface area (Å²) in [5.41, 5.74) is 7.18. The van der Waals surface area contributed by atoms with E-state index in [4.69, 9.17) is 0 Å². The summed E-state index contributed by atoms with van der Waals surface area (Å²) >= 11 is 1.68. The molecule has 100 valence electrons. The van der Waals surface area contributed by atoms with Crippen molar-refractivity contribution in [1.29, 1.82) is 0 Å². The Morgan fingerprint density at radius 1 is 1.26 bits per heavy atom. The molecule has 1 aliphatic carbocycles. The van der Waals surface area contributed by atoms with Crippen LogP contribution in [-0.2, 0) is 6.54 Å². The van der Waals surface area contributed by atoms with Crippen LogP contribution in [0.5, 0.6) is 0 Å². The van der Waals surface area contributed by atoms with Gasteiger partial charge in [-0.25, -0.2) is 4.98 Å². The van der Waals surface area contributed by atoms with Crippen LogP contribution < -0.4 is 4.90 Å². The summed E-state index contributed by atoms with van der Waals surface area (Å²) in [5, 5.41) is 2.15. The highest BCUT2D eigenvalue weighted by molar-refractivity contribution is 7.07. The van der Waals surface area contributed by atoms with Crippen molar-refractivity contribution in [3.8, 4) is 0 Å². The lowest BCUT2D eigenvalue weighted by atomic mass is 10.1. The van der Waals surface area contributed by atoms with Crippen LogP contribution >= 0.6 is 11.3 Å². The van der Waals surface area contributed by atoms with E-state index in [0.717, 1.165) is 12.5 Å². The zero-order chi connectivity index (χ0) is 13.2. The normalized spacial score (nSPS) is 14.6. The molecule has 0 amide bonds. The first kappa shape index (κ1) is 12.7. The summed E-state index contributed by atoms with van der Waals surface area (Å²) in [6, 6.07) is 6.78. The third-order valence-corrected chi connectivity index (χ3v) is 4.50. The summed E-state index contributed by atoms with van der Waals surface area (Å²) in [7, 11) is 0. The minimum atomic E-state index is 0.889. The van der Waals surface area contributed by atoms with Gasteiger partial charge in [0.2, 0.25) is 0 Å².